The van der Waals surface area contributed by atoms with Gasteiger partial charge in [-0.2, -0.15) is 0 Å². The number of carbonyl (C=O) groups is 1. The summed E-state index contributed by atoms with van der Waals surface area (Å²) < 4.78 is 0. The second-order valence-corrected chi connectivity index (χ2v) is 3.96. The number of likely N-dealkylation sites (N-methyl/N-ethyl adjacent to an activating group) is 1. The zero-order valence-corrected chi connectivity index (χ0v) is 9.77. The molecule has 1 aromatic heterocycles. The van der Waals surface area contributed by atoms with Crippen LogP contribution in [0.2, 0.25) is 5.02 Å². The van der Waals surface area contributed by atoms with Crippen molar-refractivity contribution in [3.8, 4) is 0 Å². The Morgan fingerprint density at radius 2 is 2.31 bits per heavy atom. The van der Waals surface area contributed by atoms with Crippen LogP contribution in [0.4, 0.5) is 5.82 Å². The zero-order chi connectivity index (χ0) is 12.3. The third-order valence-electron chi connectivity index (χ3n) is 2.00. The minimum atomic E-state index is -1.10. The van der Waals surface area contributed by atoms with E-state index in [2.05, 4.69) is 4.98 Å². The molecule has 0 spiro atoms. The molecule has 1 aromatic rings. The van der Waals surface area contributed by atoms with Crippen molar-refractivity contribution in [1.29, 1.82) is 0 Å². The van der Waals surface area contributed by atoms with Crippen LogP contribution in [0.5, 0.6) is 0 Å². The van der Waals surface area contributed by atoms with Gasteiger partial charge in [0.25, 0.3) is 0 Å². The SMILES string of the molecule is CC(O)CN(C)c1cc(C(=O)O)c(Cl)cn1. The number of halogens is 1. The molecule has 6 heteroatoms. The van der Waals surface area contributed by atoms with Crippen LogP contribution in [0.25, 0.3) is 0 Å². The molecule has 0 aliphatic carbocycles. The van der Waals surface area contributed by atoms with Crippen LogP contribution in [0, 0.1) is 0 Å². The van der Waals surface area contributed by atoms with Gasteiger partial charge >= 0.3 is 5.97 Å². The summed E-state index contributed by atoms with van der Waals surface area (Å²) in [5.41, 5.74) is 0.00381. The molecule has 0 radical (unpaired) electrons. The van der Waals surface area contributed by atoms with Crippen molar-refractivity contribution < 1.29 is 15.0 Å². The van der Waals surface area contributed by atoms with E-state index < -0.39 is 12.1 Å². The largest absolute Gasteiger partial charge is 0.478 e. The number of hydrogen-bond donors (Lipinski definition) is 2. The molecule has 0 aliphatic heterocycles. The summed E-state index contributed by atoms with van der Waals surface area (Å²) in [4.78, 5) is 16.5. The molecule has 0 saturated carbocycles. The highest BCUT2D eigenvalue weighted by Crippen LogP contribution is 2.19. The van der Waals surface area contributed by atoms with Gasteiger partial charge in [0.15, 0.2) is 0 Å². The quantitative estimate of drug-likeness (QED) is 0.834. The number of aromatic nitrogens is 1. The molecule has 16 heavy (non-hydrogen) atoms. The van der Waals surface area contributed by atoms with Crippen LogP contribution in [-0.2, 0) is 0 Å². The van der Waals surface area contributed by atoms with Crippen LogP contribution in [0.15, 0.2) is 12.3 Å². The molecule has 0 amide bonds. The molecule has 1 unspecified atom stereocenters. The van der Waals surface area contributed by atoms with Crippen molar-refractivity contribution in [2.24, 2.45) is 0 Å². The lowest BCUT2D eigenvalue weighted by molar-refractivity contribution is 0.0697. The average molecular weight is 245 g/mol. The number of aromatic carboxylic acids is 1. The molecule has 1 atom stereocenters. The predicted octanol–water partition coefficient (Wildman–Crippen LogP) is 1.25. The fraction of sp³-hybridized carbons (Fsp3) is 0.400. The average Bonchev–Trinajstić information content (AvgIpc) is 2.16. The maximum atomic E-state index is 10.8. The summed E-state index contributed by atoms with van der Waals surface area (Å²) in [7, 11) is 1.72. The van der Waals surface area contributed by atoms with Gasteiger partial charge in [0.2, 0.25) is 0 Å². The van der Waals surface area contributed by atoms with Gasteiger partial charge in [0.1, 0.15) is 5.82 Å². The maximum absolute atomic E-state index is 10.8. The highest BCUT2D eigenvalue weighted by molar-refractivity contribution is 6.33. The van der Waals surface area contributed by atoms with E-state index in [-0.39, 0.29) is 10.6 Å². The summed E-state index contributed by atoms with van der Waals surface area (Å²) in [6.07, 6.45) is 0.773. The topological polar surface area (TPSA) is 73.7 Å². The van der Waals surface area contributed by atoms with Crippen LogP contribution in [0.1, 0.15) is 17.3 Å². The van der Waals surface area contributed by atoms with E-state index in [0.717, 1.165) is 0 Å². The standard InChI is InChI=1S/C10H13ClN2O3/c1-6(14)5-13(2)9-3-7(10(15)16)8(11)4-12-9/h3-4,6,14H,5H2,1-2H3,(H,15,16). The lowest BCUT2D eigenvalue weighted by atomic mass is 10.2. The zero-order valence-electron chi connectivity index (χ0n) is 9.01. The first kappa shape index (κ1) is 12.7. The van der Waals surface area contributed by atoms with E-state index in [1.165, 1.54) is 12.3 Å². The van der Waals surface area contributed by atoms with Crippen molar-refractivity contribution in [2.45, 2.75) is 13.0 Å². The first-order valence-corrected chi connectivity index (χ1v) is 5.07. The Morgan fingerprint density at radius 1 is 1.69 bits per heavy atom. The number of carboxylic acids is 1. The molecular formula is C10H13ClN2O3. The van der Waals surface area contributed by atoms with E-state index in [1.807, 2.05) is 0 Å². The van der Waals surface area contributed by atoms with Gasteiger partial charge in [0, 0.05) is 19.8 Å². The van der Waals surface area contributed by atoms with E-state index in [1.54, 1.807) is 18.9 Å². The summed E-state index contributed by atoms with van der Waals surface area (Å²) in [5.74, 6) is -0.637. The Labute approximate surface area is 98.3 Å². The normalized spacial score (nSPS) is 12.2. The van der Waals surface area contributed by atoms with Gasteiger partial charge in [-0.3, -0.25) is 0 Å². The molecule has 88 valence electrons. The first-order chi connectivity index (χ1) is 7.41. The Morgan fingerprint density at radius 3 is 2.81 bits per heavy atom. The van der Waals surface area contributed by atoms with Gasteiger partial charge in [-0.05, 0) is 13.0 Å². The number of rotatable bonds is 4. The van der Waals surface area contributed by atoms with Crippen molar-refractivity contribution >= 4 is 23.4 Å². The molecule has 1 heterocycles. The van der Waals surface area contributed by atoms with E-state index in [4.69, 9.17) is 16.7 Å². The molecular weight excluding hydrogens is 232 g/mol. The number of carboxylic acid groups (broad SMARTS) is 1. The van der Waals surface area contributed by atoms with Crippen LogP contribution in [-0.4, -0.2) is 40.9 Å². The summed E-state index contributed by atoms with van der Waals surface area (Å²) in [6.45, 7) is 2.01. The minimum absolute atomic E-state index is 0.00381. The molecule has 2 N–H and O–H groups in total. The number of nitrogens with zero attached hydrogens (tertiary/aromatic N) is 2. The second kappa shape index (κ2) is 5.14. The van der Waals surface area contributed by atoms with E-state index >= 15 is 0 Å². The smallest absolute Gasteiger partial charge is 0.337 e. The molecule has 5 nitrogen and oxygen atoms in total. The summed E-state index contributed by atoms with van der Waals surface area (Å²) >= 11 is 5.69. The van der Waals surface area contributed by atoms with Gasteiger partial charge in [0.05, 0.1) is 16.7 Å². The highest BCUT2D eigenvalue weighted by atomic mass is 35.5. The second-order valence-electron chi connectivity index (χ2n) is 3.56. The lowest BCUT2D eigenvalue weighted by Crippen LogP contribution is -2.27. The minimum Gasteiger partial charge on any atom is -0.478 e. The Kier molecular flexibility index (Phi) is 4.09. The van der Waals surface area contributed by atoms with E-state index in [0.29, 0.717) is 12.4 Å². The van der Waals surface area contributed by atoms with Crippen LogP contribution in [0.3, 0.4) is 0 Å². The van der Waals surface area contributed by atoms with Crippen molar-refractivity contribution in [1.82, 2.24) is 4.98 Å². The lowest BCUT2D eigenvalue weighted by Gasteiger charge is -2.20. The Hall–Kier alpha value is -1.33. The molecule has 0 fully saturated rings. The van der Waals surface area contributed by atoms with Crippen molar-refractivity contribution in [3.05, 3.63) is 22.8 Å². The number of aliphatic hydroxyl groups excluding tert-OH is 1. The van der Waals surface area contributed by atoms with Crippen LogP contribution >= 0.6 is 11.6 Å². The van der Waals surface area contributed by atoms with Crippen LogP contribution < -0.4 is 4.90 Å². The van der Waals surface area contributed by atoms with Gasteiger partial charge in [-0.1, -0.05) is 11.6 Å². The van der Waals surface area contributed by atoms with Crippen molar-refractivity contribution in [2.75, 3.05) is 18.5 Å². The molecule has 0 aromatic carbocycles. The summed E-state index contributed by atoms with van der Waals surface area (Å²) in [6, 6.07) is 1.38. The van der Waals surface area contributed by atoms with Gasteiger partial charge in [-0.15, -0.1) is 0 Å². The maximum Gasteiger partial charge on any atom is 0.337 e. The number of pyridine rings is 1. The Balaban J connectivity index is 2.98. The number of anilines is 1. The molecule has 0 aliphatic rings. The molecule has 1 rings (SSSR count). The first-order valence-electron chi connectivity index (χ1n) is 4.70. The third-order valence-corrected chi connectivity index (χ3v) is 2.30. The fourth-order valence-electron chi connectivity index (χ4n) is 1.29. The van der Waals surface area contributed by atoms with E-state index in [9.17, 15) is 9.90 Å². The number of hydrogen-bond acceptors (Lipinski definition) is 4. The fourth-order valence-corrected chi connectivity index (χ4v) is 1.47. The van der Waals surface area contributed by atoms with Crippen molar-refractivity contribution in [3.63, 3.8) is 0 Å². The monoisotopic (exact) mass is 244 g/mol. The predicted molar refractivity (Wildman–Crippen MR) is 61.2 cm³/mol. The van der Waals surface area contributed by atoms with Gasteiger partial charge in [-0.25, -0.2) is 9.78 Å². The molecule has 0 saturated heterocycles. The number of aliphatic hydroxyl groups is 1. The highest BCUT2D eigenvalue weighted by Gasteiger charge is 2.13. The Bertz CT molecular complexity index is 396. The third kappa shape index (κ3) is 3.08. The summed E-state index contributed by atoms with van der Waals surface area (Å²) in [5, 5.41) is 18.2. The van der Waals surface area contributed by atoms with Gasteiger partial charge < -0.3 is 15.1 Å². The molecule has 0 bridgehead atoms.